The van der Waals surface area contributed by atoms with E-state index in [1.807, 2.05) is 0 Å². The Kier molecular flexibility index (Phi) is 3.53. The number of hydrogen-bond donors (Lipinski definition) is 1. The average Bonchev–Trinajstić information content (AvgIpc) is 2.34. The van der Waals surface area contributed by atoms with E-state index >= 15 is 0 Å². The van der Waals surface area contributed by atoms with Gasteiger partial charge >= 0.3 is 0 Å². The number of hydrogen-bond acceptors (Lipinski definition) is 3. The summed E-state index contributed by atoms with van der Waals surface area (Å²) in [6, 6.07) is 8.82. The monoisotopic (exact) mass is 283 g/mol. The van der Waals surface area contributed by atoms with Crippen LogP contribution in [0.15, 0.2) is 47.4 Å². The minimum atomic E-state index is -3.84. The van der Waals surface area contributed by atoms with Gasteiger partial charge in [-0.05, 0) is 30.3 Å². The molecule has 2 rings (SSSR count). The number of rotatable bonds is 3. The average molecular weight is 283 g/mol. The van der Waals surface area contributed by atoms with Crippen LogP contribution in [-0.4, -0.2) is 8.42 Å². The van der Waals surface area contributed by atoms with Gasteiger partial charge in [0.15, 0.2) is 9.84 Å². The van der Waals surface area contributed by atoms with E-state index in [2.05, 4.69) is 0 Å². The van der Waals surface area contributed by atoms with Crippen LogP contribution in [0.2, 0.25) is 0 Å². The molecule has 100 valence electrons. The van der Waals surface area contributed by atoms with E-state index in [9.17, 15) is 17.2 Å². The van der Waals surface area contributed by atoms with Gasteiger partial charge in [-0.2, -0.15) is 0 Å². The Labute approximate surface area is 109 Å². The van der Waals surface area contributed by atoms with Gasteiger partial charge in [0.1, 0.15) is 11.6 Å². The van der Waals surface area contributed by atoms with Gasteiger partial charge < -0.3 is 5.73 Å². The van der Waals surface area contributed by atoms with Crippen molar-refractivity contribution in [1.29, 1.82) is 0 Å². The lowest BCUT2D eigenvalue weighted by Crippen LogP contribution is -2.08. The predicted octanol–water partition coefficient (Wildman–Crippen LogP) is 2.52. The maximum absolute atomic E-state index is 13.4. The van der Waals surface area contributed by atoms with Crippen molar-refractivity contribution in [2.45, 2.75) is 10.6 Å². The zero-order chi connectivity index (χ0) is 14.0. The van der Waals surface area contributed by atoms with Gasteiger partial charge in [-0.15, -0.1) is 0 Å². The van der Waals surface area contributed by atoms with Gasteiger partial charge in [-0.3, -0.25) is 0 Å². The lowest BCUT2D eigenvalue weighted by molar-refractivity contribution is 0.556. The molecule has 0 spiro atoms. The molecule has 0 aliphatic carbocycles. The fourth-order valence-corrected chi connectivity index (χ4v) is 3.08. The molecule has 2 aromatic carbocycles. The van der Waals surface area contributed by atoms with Gasteiger partial charge in [0.25, 0.3) is 0 Å². The van der Waals surface area contributed by atoms with Crippen molar-refractivity contribution >= 4 is 15.5 Å². The first-order chi connectivity index (χ1) is 8.90. The Morgan fingerprint density at radius 1 is 1.00 bits per heavy atom. The van der Waals surface area contributed by atoms with Crippen LogP contribution in [0.5, 0.6) is 0 Å². The first kappa shape index (κ1) is 13.5. The summed E-state index contributed by atoms with van der Waals surface area (Å²) in [5, 5.41) is 0. The number of anilines is 1. The molecule has 2 N–H and O–H groups in total. The van der Waals surface area contributed by atoms with E-state index in [1.54, 1.807) is 0 Å². The smallest absolute Gasteiger partial charge is 0.182 e. The second-order valence-electron chi connectivity index (χ2n) is 4.03. The van der Waals surface area contributed by atoms with Crippen molar-refractivity contribution in [3.05, 3.63) is 59.7 Å². The molecule has 0 fully saturated rings. The first-order valence-corrected chi connectivity index (χ1v) is 7.06. The Hall–Kier alpha value is -1.95. The molecule has 0 radical (unpaired) electrons. The highest BCUT2D eigenvalue weighted by Gasteiger charge is 2.20. The molecule has 2 aromatic rings. The summed E-state index contributed by atoms with van der Waals surface area (Å²) in [5.74, 6) is -2.51. The highest BCUT2D eigenvalue weighted by Crippen LogP contribution is 2.21. The van der Waals surface area contributed by atoms with E-state index in [0.717, 1.165) is 12.1 Å². The topological polar surface area (TPSA) is 60.2 Å². The van der Waals surface area contributed by atoms with Gasteiger partial charge in [0, 0.05) is 11.3 Å². The molecule has 19 heavy (non-hydrogen) atoms. The molecule has 0 atom stereocenters. The van der Waals surface area contributed by atoms with Gasteiger partial charge in [0.2, 0.25) is 0 Å². The van der Waals surface area contributed by atoms with Gasteiger partial charge in [-0.1, -0.05) is 12.1 Å². The third-order valence-corrected chi connectivity index (χ3v) is 4.25. The fourth-order valence-electron chi connectivity index (χ4n) is 1.65. The van der Waals surface area contributed by atoms with Crippen molar-refractivity contribution in [2.24, 2.45) is 0 Å². The van der Waals surface area contributed by atoms with Crippen LogP contribution >= 0.6 is 0 Å². The van der Waals surface area contributed by atoms with Crippen molar-refractivity contribution in [2.75, 3.05) is 5.73 Å². The summed E-state index contributed by atoms with van der Waals surface area (Å²) in [7, 11) is -3.84. The number of benzene rings is 2. The van der Waals surface area contributed by atoms with Crippen LogP contribution in [0.3, 0.4) is 0 Å². The molecule has 0 amide bonds. The second-order valence-corrected chi connectivity index (χ2v) is 6.02. The normalized spacial score (nSPS) is 11.5. The summed E-state index contributed by atoms with van der Waals surface area (Å²) in [6.45, 7) is 0. The van der Waals surface area contributed by atoms with Crippen LogP contribution in [-0.2, 0) is 15.6 Å². The van der Waals surface area contributed by atoms with E-state index in [4.69, 9.17) is 5.73 Å². The van der Waals surface area contributed by atoms with Crippen LogP contribution in [0.1, 0.15) is 5.56 Å². The molecule has 0 aromatic heterocycles. The van der Waals surface area contributed by atoms with Crippen molar-refractivity contribution < 1.29 is 17.2 Å². The van der Waals surface area contributed by atoms with Crippen LogP contribution in [0.4, 0.5) is 14.5 Å². The van der Waals surface area contributed by atoms with Crippen molar-refractivity contribution in [1.82, 2.24) is 0 Å². The summed E-state index contributed by atoms with van der Waals surface area (Å²) >= 11 is 0. The molecule has 0 saturated carbocycles. The van der Waals surface area contributed by atoms with E-state index in [0.29, 0.717) is 0 Å². The quantitative estimate of drug-likeness (QED) is 0.880. The number of halogens is 2. The van der Waals surface area contributed by atoms with Crippen LogP contribution in [0.25, 0.3) is 0 Å². The van der Waals surface area contributed by atoms with E-state index in [-0.39, 0.29) is 10.6 Å². The number of nitrogen functional groups attached to an aromatic ring is 1. The van der Waals surface area contributed by atoms with E-state index in [1.165, 1.54) is 30.3 Å². The standard InChI is InChI=1S/C13H11F2NO2S/c14-12-5-2-6-13(15)11(12)8-19(17,18)10-4-1-3-9(16)7-10/h1-7H,8,16H2. The molecule has 0 bridgehead atoms. The molecular formula is C13H11F2NO2S. The highest BCUT2D eigenvalue weighted by atomic mass is 32.2. The molecule has 0 heterocycles. The summed E-state index contributed by atoms with van der Waals surface area (Å²) in [4.78, 5) is -0.0600. The Morgan fingerprint density at radius 2 is 1.58 bits per heavy atom. The summed E-state index contributed by atoms with van der Waals surface area (Å²) in [5.41, 5.74) is 5.30. The third-order valence-electron chi connectivity index (χ3n) is 2.61. The largest absolute Gasteiger partial charge is 0.399 e. The Bertz CT molecular complexity index is 694. The predicted molar refractivity (Wildman–Crippen MR) is 68.1 cm³/mol. The molecular weight excluding hydrogens is 272 g/mol. The van der Waals surface area contributed by atoms with Gasteiger partial charge in [-0.25, -0.2) is 17.2 Å². The molecule has 0 unspecified atom stereocenters. The van der Waals surface area contributed by atoms with Gasteiger partial charge in [0.05, 0.1) is 10.6 Å². The zero-order valence-electron chi connectivity index (χ0n) is 9.81. The lowest BCUT2D eigenvalue weighted by Gasteiger charge is -2.07. The number of sulfone groups is 1. The summed E-state index contributed by atoms with van der Waals surface area (Å²) in [6.07, 6.45) is 0. The second kappa shape index (κ2) is 4.97. The summed E-state index contributed by atoms with van der Waals surface area (Å²) < 4.78 is 51.0. The maximum Gasteiger partial charge on any atom is 0.182 e. The lowest BCUT2D eigenvalue weighted by atomic mass is 10.2. The third kappa shape index (κ3) is 2.90. The highest BCUT2D eigenvalue weighted by molar-refractivity contribution is 7.90. The molecule has 6 heteroatoms. The molecule has 0 saturated heterocycles. The zero-order valence-corrected chi connectivity index (χ0v) is 10.6. The van der Waals surface area contributed by atoms with E-state index < -0.39 is 32.8 Å². The SMILES string of the molecule is Nc1cccc(S(=O)(=O)Cc2c(F)cccc2F)c1. The number of nitrogens with two attached hydrogens (primary N) is 1. The maximum atomic E-state index is 13.4. The minimum Gasteiger partial charge on any atom is -0.399 e. The van der Waals surface area contributed by atoms with Crippen molar-refractivity contribution in [3.8, 4) is 0 Å². The van der Waals surface area contributed by atoms with Crippen LogP contribution < -0.4 is 5.73 Å². The minimum absolute atomic E-state index is 0.0600. The van der Waals surface area contributed by atoms with Crippen molar-refractivity contribution in [3.63, 3.8) is 0 Å². The molecule has 0 aliphatic rings. The van der Waals surface area contributed by atoms with Crippen LogP contribution in [0, 0.1) is 11.6 Å². The Morgan fingerprint density at radius 3 is 2.16 bits per heavy atom. The fraction of sp³-hybridized carbons (Fsp3) is 0.0769. The first-order valence-electron chi connectivity index (χ1n) is 5.41. The molecule has 0 aliphatic heterocycles. The Balaban J connectivity index is 2.42. The molecule has 3 nitrogen and oxygen atoms in total.